The molecule has 2 saturated carbocycles. The van der Waals surface area contributed by atoms with E-state index in [0.717, 1.165) is 19.3 Å². The smallest absolute Gasteiger partial charge is 0.264 e. The number of aryl methyl sites for hydroxylation is 1. The van der Waals surface area contributed by atoms with Gasteiger partial charge in [-0.3, -0.25) is 9.59 Å². The summed E-state index contributed by atoms with van der Waals surface area (Å²) in [4.78, 5) is 32.1. The van der Waals surface area contributed by atoms with E-state index in [4.69, 9.17) is 0 Å². The first-order chi connectivity index (χ1) is 11.2. The maximum absolute atomic E-state index is 12.6. The second-order valence-corrected chi connectivity index (χ2v) is 8.38. The Kier molecular flexibility index (Phi) is 4.28. The van der Waals surface area contributed by atoms with Crippen molar-refractivity contribution in [2.75, 3.05) is 6.61 Å². The average Bonchev–Trinajstić information content (AvgIpc) is 2.80. The van der Waals surface area contributed by atoms with Crippen LogP contribution in [-0.2, 0) is 5.41 Å². The molecule has 0 radical (unpaired) electrons. The number of rotatable bonds is 3. The molecule has 2 aliphatic carbocycles. The predicted octanol–water partition coefficient (Wildman–Crippen LogP) is 1.51. The van der Waals surface area contributed by atoms with Gasteiger partial charge in [0.25, 0.3) is 11.5 Å². The molecule has 1 amide bonds. The van der Waals surface area contributed by atoms with Gasteiger partial charge in [-0.25, -0.2) is 4.98 Å². The van der Waals surface area contributed by atoms with E-state index in [1.165, 1.54) is 0 Å². The van der Waals surface area contributed by atoms with Gasteiger partial charge in [-0.05, 0) is 43.9 Å². The van der Waals surface area contributed by atoms with Crippen LogP contribution in [0, 0.1) is 24.7 Å². The van der Waals surface area contributed by atoms with Crippen LogP contribution in [0.2, 0.25) is 0 Å². The van der Waals surface area contributed by atoms with Gasteiger partial charge in [0.05, 0.1) is 5.69 Å². The van der Waals surface area contributed by atoms with Crippen molar-refractivity contribution in [3.63, 3.8) is 0 Å². The monoisotopic (exact) mass is 333 g/mol. The van der Waals surface area contributed by atoms with Crippen LogP contribution < -0.4 is 10.9 Å². The molecule has 1 aromatic heterocycles. The van der Waals surface area contributed by atoms with Crippen LogP contribution >= 0.6 is 0 Å². The zero-order chi connectivity index (χ0) is 17.6. The van der Waals surface area contributed by atoms with Crippen LogP contribution in [0.4, 0.5) is 0 Å². The highest BCUT2D eigenvalue weighted by atomic mass is 16.3. The lowest BCUT2D eigenvalue weighted by molar-refractivity contribution is 0.0803. The number of aromatic nitrogens is 2. The van der Waals surface area contributed by atoms with E-state index in [0.29, 0.717) is 29.3 Å². The minimum absolute atomic E-state index is 0.111. The Balaban J connectivity index is 1.74. The highest BCUT2D eigenvalue weighted by Crippen LogP contribution is 2.49. The molecule has 2 unspecified atom stereocenters. The van der Waals surface area contributed by atoms with Crippen molar-refractivity contribution in [1.29, 1.82) is 0 Å². The molecule has 6 nitrogen and oxygen atoms in total. The third-order valence-electron chi connectivity index (χ3n) is 5.53. The molecular formula is C18H27N3O3. The third-order valence-corrected chi connectivity index (χ3v) is 5.53. The number of fused-ring (bicyclic) bond motifs is 1. The predicted molar refractivity (Wildman–Crippen MR) is 91.0 cm³/mol. The molecule has 0 saturated heterocycles. The van der Waals surface area contributed by atoms with Gasteiger partial charge in [0.1, 0.15) is 11.4 Å². The molecule has 1 heterocycles. The Morgan fingerprint density at radius 1 is 1.33 bits per heavy atom. The Morgan fingerprint density at radius 2 is 2.04 bits per heavy atom. The number of aliphatic hydroxyl groups excluding tert-OH is 1. The lowest BCUT2D eigenvalue weighted by Gasteiger charge is -2.40. The zero-order valence-corrected chi connectivity index (χ0v) is 14.8. The Bertz CT molecular complexity index is 704. The topological polar surface area (TPSA) is 95.1 Å². The fraction of sp³-hybridized carbons (Fsp3) is 0.722. The summed E-state index contributed by atoms with van der Waals surface area (Å²) < 4.78 is 0. The van der Waals surface area contributed by atoms with Crippen molar-refractivity contribution in [1.82, 2.24) is 15.3 Å². The van der Waals surface area contributed by atoms with Crippen LogP contribution in [-0.4, -0.2) is 33.6 Å². The number of carbonyl (C=O) groups is 1. The van der Waals surface area contributed by atoms with E-state index in [1.807, 2.05) is 20.8 Å². The number of carbonyl (C=O) groups excluding carboxylic acids is 1. The van der Waals surface area contributed by atoms with Gasteiger partial charge in [0, 0.05) is 18.1 Å². The van der Waals surface area contributed by atoms with Crippen LogP contribution in [0.15, 0.2) is 4.79 Å². The average molecular weight is 333 g/mol. The Morgan fingerprint density at radius 3 is 2.62 bits per heavy atom. The molecule has 2 fully saturated rings. The van der Waals surface area contributed by atoms with Crippen LogP contribution in [0.5, 0.6) is 0 Å². The van der Waals surface area contributed by atoms with Crippen LogP contribution in [0.1, 0.15) is 61.9 Å². The molecular weight excluding hydrogens is 306 g/mol. The second-order valence-electron chi connectivity index (χ2n) is 8.38. The van der Waals surface area contributed by atoms with E-state index in [9.17, 15) is 14.7 Å². The summed E-state index contributed by atoms with van der Waals surface area (Å²) in [5.74, 6) is 1.66. The number of nitrogens with one attached hydrogen (secondary N) is 2. The molecule has 3 N–H and O–H groups in total. The van der Waals surface area contributed by atoms with Crippen molar-refractivity contribution in [3.8, 4) is 0 Å². The summed E-state index contributed by atoms with van der Waals surface area (Å²) in [7, 11) is 0. The maximum Gasteiger partial charge on any atom is 0.264 e. The van der Waals surface area contributed by atoms with Crippen molar-refractivity contribution in [2.45, 2.75) is 58.4 Å². The van der Waals surface area contributed by atoms with Gasteiger partial charge in [-0.2, -0.15) is 0 Å². The molecule has 0 aliphatic heterocycles. The summed E-state index contributed by atoms with van der Waals surface area (Å²) in [5, 5.41) is 12.3. The SMILES string of the molecule is Cc1nc(C(C)(C)C)[nH]c(=O)c1C(=O)NC1C[C@@H]2CC(CO)C[C@H]12. The van der Waals surface area contributed by atoms with E-state index < -0.39 is 0 Å². The standard InChI is InChI=1S/C18H27N3O3/c1-9-14(16(24)21-17(19-9)18(2,3)4)15(23)20-13-7-11-5-10(8-22)6-12(11)13/h10-13,22H,5-8H2,1-4H3,(H,20,23)(H,19,21,24)/t10?,11-,12-,13?/m0/s1. The van der Waals surface area contributed by atoms with Crippen molar-refractivity contribution in [3.05, 3.63) is 27.4 Å². The van der Waals surface area contributed by atoms with Gasteiger partial charge < -0.3 is 15.4 Å². The molecule has 4 atom stereocenters. The van der Waals surface area contributed by atoms with Gasteiger partial charge >= 0.3 is 0 Å². The normalized spacial score (nSPS) is 29.0. The fourth-order valence-electron chi connectivity index (χ4n) is 4.11. The number of nitrogens with zero attached hydrogens (tertiary/aromatic N) is 1. The first-order valence-electron chi connectivity index (χ1n) is 8.73. The summed E-state index contributed by atoms with van der Waals surface area (Å²) in [6.45, 7) is 7.84. The van der Waals surface area contributed by atoms with Gasteiger partial charge in [-0.1, -0.05) is 20.8 Å². The van der Waals surface area contributed by atoms with Gasteiger partial charge in [0.15, 0.2) is 0 Å². The molecule has 0 spiro atoms. The summed E-state index contributed by atoms with van der Waals surface area (Å²) >= 11 is 0. The van der Waals surface area contributed by atoms with E-state index in [-0.39, 0.29) is 35.1 Å². The van der Waals surface area contributed by atoms with Gasteiger partial charge in [0.2, 0.25) is 0 Å². The summed E-state index contributed by atoms with van der Waals surface area (Å²) in [6, 6.07) is 0.111. The Labute approximate surface area is 142 Å². The molecule has 1 aromatic rings. The summed E-state index contributed by atoms with van der Waals surface area (Å²) in [5.41, 5.74) is -0.0659. The van der Waals surface area contributed by atoms with Gasteiger partial charge in [-0.15, -0.1) is 0 Å². The lowest BCUT2D eigenvalue weighted by Crippen LogP contribution is -2.51. The molecule has 2 aliphatic rings. The molecule has 0 bridgehead atoms. The summed E-state index contributed by atoms with van der Waals surface area (Å²) in [6.07, 6.45) is 2.95. The molecule has 6 heteroatoms. The number of aromatic amines is 1. The number of aliphatic hydroxyl groups is 1. The van der Waals surface area contributed by atoms with E-state index in [1.54, 1.807) is 6.92 Å². The first kappa shape index (κ1) is 17.1. The maximum atomic E-state index is 12.6. The number of amides is 1. The van der Waals surface area contributed by atoms with Crippen LogP contribution in [0.25, 0.3) is 0 Å². The molecule has 132 valence electrons. The van der Waals surface area contributed by atoms with Crippen molar-refractivity contribution in [2.24, 2.45) is 17.8 Å². The molecule has 0 aromatic carbocycles. The third kappa shape index (κ3) is 2.99. The fourth-order valence-corrected chi connectivity index (χ4v) is 4.11. The number of hydrogen-bond donors (Lipinski definition) is 3. The minimum Gasteiger partial charge on any atom is -0.396 e. The largest absolute Gasteiger partial charge is 0.396 e. The quantitative estimate of drug-likeness (QED) is 0.781. The molecule has 3 rings (SSSR count). The molecule has 24 heavy (non-hydrogen) atoms. The Hall–Kier alpha value is -1.69. The van der Waals surface area contributed by atoms with Crippen LogP contribution in [0.3, 0.4) is 0 Å². The van der Waals surface area contributed by atoms with Crippen molar-refractivity contribution < 1.29 is 9.90 Å². The zero-order valence-electron chi connectivity index (χ0n) is 14.8. The number of hydrogen-bond acceptors (Lipinski definition) is 4. The number of H-pyrrole nitrogens is 1. The second kappa shape index (κ2) is 5.99. The first-order valence-corrected chi connectivity index (χ1v) is 8.73. The van der Waals surface area contributed by atoms with E-state index >= 15 is 0 Å². The lowest BCUT2D eigenvalue weighted by atomic mass is 9.71. The van der Waals surface area contributed by atoms with Crippen molar-refractivity contribution >= 4 is 5.91 Å². The highest BCUT2D eigenvalue weighted by molar-refractivity contribution is 5.95. The minimum atomic E-state index is -0.375. The van der Waals surface area contributed by atoms with E-state index in [2.05, 4.69) is 15.3 Å². The highest BCUT2D eigenvalue weighted by Gasteiger charge is 2.48.